The van der Waals surface area contributed by atoms with Crippen molar-refractivity contribution in [2.24, 2.45) is 11.5 Å². The van der Waals surface area contributed by atoms with E-state index in [1.807, 2.05) is 0 Å². The average Bonchev–Trinajstić information content (AvgIpc) is 2.39. The number of halogens is 1. The Morgan fingerprint density at radius 2 is 2.16 bits per heavy atom. The van der Waals surface area contributed by atoms with Crippen molar-refractivity contribution in [3.63, 3.8) is 0 Å². The summed E-state index contributed by atoms with van der Waals surface area (Å²) in [5, 5.41) is 0. The number of primary amides is 1. The molecule has 0 aliphatic heterocycles. The lowest BCUT2D eigenvalue weighted by Crippen LogP contribution is -2.12. The van der Waals surface area contributed by atoms with Gasteiger partial charge in [0.2, 0.25) is 0 Å². The molecule has 0 saturated heterocycles. The second kappa shape index (κ2) is 5.45. The summed E-state index contributed by atoms with van der Waals surface area (Å²) in [6, 6.07) is 7.33. The van der Waals surface area contributed by atoms with Crippen molar-refractivity contribution < 1.29 is 13.9 Å². The molecule has 2 aromatic rings. The third kappa shape index (κ3) is 2.86. The molecule has 0 saturated carbocycles. The number of pyridine rings is 1. The van der Waals surface area contributed by atoms with E-state index in [1.165, 1.54) is 30.5 Å². The third-order valence-corrected chi connectivity index (χ3v) is 2.49. The smallest absolute Gasteiger partial charge is 0.267 e. The van der Waals surface area contributed by atoms with Crippen molar-refractivity contribution in [1.29, 1.82) is 0 Å². The highest BCUT2D eigenvalue weighted by Crippen LogP contribution is 2.26. The van der Waals surface area contributed by atoms with Crippen LogP contribution in [0.15, 0.2) is 36.5 Å². The monoisotopic (exact) mass is 261 g/mol. The Morgan fingerprint density at radius 3 is 2.84 bits per heavy atom. The Morgan fingerprint density at radius 1 is 1.37 bits per heavy atom. The quantitative estimate of drug-likeness (QED) is 0.873. The van der Waals surface area contributed by atoms with Crippen LogP contribution in [-0.2, 0) is 6.54 Å². The summed E-state index contributed by atoms with van der Waals surface area (Å²) < 4.78 is 19.0. The molecule has 0 aliphatic rings. The topological polar surface area (TPSA) is 91.2 Å². The van der Waals surface area contributed by atoms with E-state index in [2.05, 4.69) is 4.98 Å². The SMILES string of the molecule is NCc1c(F)cccc1Oc1ccnc(C(N)=O)c1. The Labute approximate surface area is 109 Å². The molecule has 1 heterocycles. The maximum Gasteiger partial charge on any atom is 0.267 e. The summed E-state index contributed by atoms with van der Waals surface area (Å²) in [5.74, 6) is -0.471. The van der Waals surface area contributed by atoms with Crippen LogP contribution in [0.2, 0.25) is 0 Å². The molecule has 0 fully saturated rings. The molecule has 2 rings (SSSR count). The second-order valence-electron chi connectivity index (χ2n) is 3.76. The molecule has 1 aromatic carbocycles. The predicted octanol–water partition coefficient (Wildman–Crippen LogP) is 1.57. The number of aromatic nitrogens is 1. The van der Waals surface area contributed by atoms with E-state index in [0.29, 0.717) is 11.5 Å². The van der Waals surface area contributed by atoms with Gasteiger partial charge in [0, 0.05) is 24.4 Å². The highest BCUT2D eigenvalue weighted by molar-refractivity contribution is 5.91. The molecule has 5 nitrogen and oxygen atoms in total. The standard InChI is InChI=1S/C13H12FN3O2/c14-10-2-1-3-12(9(10)7-15)19-8-4-5-17-11(6-8)13(16)18/h1-6H,7,15H2,(H2,16,18). The summed E-state index contributed by atoms with van der Waals surface area (Å²) >= 11 is 0. The number of hydrogen-bond acceptors (Lipinski definition) is 4. The van der Waals surface area contributed by atoms with Crippen LogP contribution in [0.5, 0.6) is 11.5 Å². The summed E-state index contributed by atoms with van der Waals surface area (Å²) in [6.07, 6.45) is 1.39. The first-order chi connectivity index (χ1) is 9.11. The van der Waals surface area contributed by atoms with Gasteiger partial charge in [0.1, 0.15) is 23.0 Å². The molecular weight excluding hydrogens is 249 g/mol. The first kappa shape index (κ1) is 13.0. The van der Waals surface area contributed by atoms with Gasteiger partial charge in [-0.25, -0.2) is 4.39 Å². The number of amides is 1. The fourth-order valence-corrected chi connectivity index (χ4v) is 1.57. The Bertz CT molecular complexity index is 617. The number of nitrogens with two attached hydrogens (primary N) is 2. The zero-order valence-corrected chi connectivity index (χ0v) is 9.97. The van der Waals surface area contributed by atoms with Crippen LogP contribution < -0.4 is 16.2 Å². The normalized spacial score (nSPS) is 10.2. The highest BCUT2D eigenvalue weighted by atomic mass is 19.1. The zero-order chi connectivity index (χ0) is 13.8. The van der Waals surface area contributed by atoms with Gasteiger partial charge in [0.25, 0.3) is 5.91 Å². The fraction of sp³-hybridized carbons (Fsp3) is 0.0769. The maximum absolute atomic E-state index is 13.5. The number of nitrogens with zero attached hydrogens (tertiary/aromatic N) is 1. The summed E-state index contributed by atoms with van der Waals surface area (Å²) in [6.45, 7) is 0.00969. The fourth-order valence-electron chi connectivity index (χ4n) is 1.57. The van der Waals surface area contributed by atoms with Crippen LogP contribution in [0.25, 0.3) is 0 Å². The minimum Gasteiger partial charge on any atom is -0.457 e. The van der Waals surface area contributed by atoms with Crippen molar-refractivity contribution in [2.45, 2.75) is 6.54 Å². The molecule has 4 N–H and O–H groups in total. The van der Waals surface area contributed by atoms with E-state index >= 15 is 0 Å². The van der Waals surface area contributed by atoms with Crippen LogP contribution in [0.3, 0.4) is 0 Å². The van der Waals surface area contributed by atoms with E-state index in [9.17, 15) is 9.18 Å². The van der Waals surface area contributed by atoms with Crippen molar-refractivity contribution in [1.82, 2.24) is 4.98 Å². The molecule has 19 heavy (non-hydrogen) atoms. The van der Waals surface area contributed by atoms with Gasteiger partial charge in [-0.3, -0.25) is 9.78 Å². The maximum atomic E-state index is 13.5. The lowest BCUT2D eigenvalue weighted by molar-refractivity contribution is 0.0995. The van der Waals surface area contributed by atoms with Crippen LogP contribution in [0, 0.1) is 5.82 Å². The molecule has 0 unspecified atom stereocenters. The summed E-state index contributed by atoms with van der Waals surface area (Å²) in [5.41, 5.74) is 10.9. The Hall–Kier alpha value is -2.47. The minimum atomic E-state index is -0.663. The van der Waals surface area contributed by atoms with Crippen LogP contribution >= 0.6 is 0 Å². The number of ether oxygens (including phenoxy) is 1. The van der Waals surface area contributed by atoms with Gasteiger partial charge in [-0.2, -0.15) is 0 Å². The summed E-state index contributed by atoms with van der Waals surface area (Å²) in [7, 11) is 0. The molecule has 1 aromatic heterocycles. The first-order valence-corrected chi connectivity index (χ1v) is 5.53. The van der Waals surface area contributed by atoms with Crippen LogP contribution in [0.1, 0.15) is 16.1 Å². The van der Waals surface area contributed by atoms with Crippen LogP contribution in [-0.4, -0.2) is 10.9 Å². The molecular formula is C13H12FN3O2. The predicted molar refractivity (Wildman–Crippen MR) is 67.1 cm³/mol. The van der Waals surface area contributed by atoms with Crippen molar-refractivity contribution in [2.75, 3.05) is 0 Å². The Kier molecular flexibility index (Phi) is 3.72. The van der Waals surface area contributed by atoms with Crippen molar-refractivity contribution in [3.8, 4) is 11.5 Å². The number of hydrogen-bond donors (Lipinski definition) is 2. The number of carbonyl (C=O) groups is 1. The third-order valence-electron chi connectivity index (χ3n) is 2.49. The molecule has 0 aliphatic carbocycles. The van der Waals surface area contributed by atoms with Crippen molar-refractivity contribution >= 4 is 5.91 Å². The van der Waals surface area contributed by atoms with Gasteiger partial charge < -0.3 is 16.2 Å². The van der Waals surface area contributed by atoms with Gasteiger partial charge in [0.05, 0.1) is 0 Å². The van der Waals surface area contributed by atoms with Crippen LogP contribution in [0.4, 0.5) is 4.39 Å². The Balaban J connectivity index is 2.33. The van der Waals surface area contributed by atoms with E-state index in [4.69, 9.17) is 16.2 Å². The summed E-state index contributed by atoms with van der Waals surface area (Å²) in [4.78, 5) is 14.8. The number of benzene rings is 1. The van der Waals surface area contributed by atoms with E-state index in [0.717, 1.165) is 0 Å². The van der Waals surface area contributed by atoms with E-state index in [-0.39, 0.29) is 17.8 Å². The number of carbonyl (C=O) groups excluding carboxylic acids is 1. The average molecular weight is 261 g/mol. The molecule has 0 atom stereocenters. The lowest BCUT2D eigenvalue weighted by Gasteiger charge is -2.10. The van der Waals surface area contributed by atoms with Gasteiger partial charge in [-0.15, -0.1) is 0 Å². The zero-order valence-electron chi connectivity index (χ0n) is 9.97. The minimum absolute atomic E-state index is 0.00969. The van der Waals surface area contributed by atoms with Gasteiger partial charge in [0.15, 0.2) is 0 Å². The largest absolute Gasteiger partial charge is 0.457 e. The van der Waals surface area contributed by atoms with Gasteiger partial charge in [-0.1, -0.05) is 6.07 Å². The highest BCUT2D eigenvalue weighted by Gasteiger charge is 2.10. The van der Waals surface area contributed by atoms with E-state index < -0.39 is 11.7 Å². The molecule has 6 heteroatoms. The second-order valence-corrected chi connectivity index (χ2v) is 3.76. The molecule has 1 amide bonds. The lowest BCUT2D eigenvalue weighted by atomic mass is 10.2. The molecule has 98 valence electrons. The van der Waals surface area contributed by atoms with Gasteiger partial charge >= 0.3 is 0 Å². The first-order valence-electron chi connectivity index (χ1n) is 5.53. The molecule has 0 bridgehead atoms. The van der Waals surface area contributed by atoms with Gasteiger partial charge in [-0.05, 0) is 18.2 Å². The molecule has 0 spiro atoms. The van der Waals surface area contributed by atoms with Crippen molar-refractivity contribution in [3.05, 3.63) is 53.6 Å². The molecule has 0 radical (unpaired) electrons. The number of rotatable bonds is 4. The van der Waals surface area contributed by atoms with E-state index in [1.54, 1.807) is 6.07 Å².